The second-order valence-electron chi connectivity index (χ2n) is 3.18. The van der Waals surface area contributed by atoms with E-state index in [1.807, 2.05) is 0 Å². The van der Waals surface area contributed by atoms with Gasteiger partial charge < -0.3 is 15.8 Å². The van der Waals surface area contributed by atoms with E-state index in [0.29, 0.717) is 18.8 Å². The van der Waals surface area contributed by atoms with E-state index in [9.17, 15) is 9.18 Å². The molecule has 5 heteroatoms. The van der Waals surface area contributed by atoms with Crippen LogP contribution >= 0.6 is 0 Å². The lowest BCUT2D eigenvalue weighted by Crippen LogP contribution is -2.12. The van der Waals surface area contributed by atoms with Crippen molar-refractivity contribution in [2.75, 3.05) is 24.2 Å². The van der Waals surface area contributed by atoms with Crippen LogP contribution in [0.25, 0.3) is 0 Å². The average molecular weight is 226 g/mol. The van der Waals surface area contributed by atoms with Gasteiger partial charge in [-0.05, 0) is 19.1 Å². The average Bonchev–Trinajstić information content (AvgIpc) is 2.25. The van der Waals surface area contributed by atoms with Crippen molar-refractivity contribution in [1.29, 1.82) is 0 Å². The van der Waals surface area contributed by atoms with Gasteiger partial charge >= 0.3 is 5.97 Å². The maximum Gasteiger partial charge on any atom is 0.307 e. The molecule has 1 rings (SSSR count). The number of benzene rings is 1. The highest BCUT2D eigenvalue weighted by molar-refractivity contribution is 5.71. The summed E-state index contributed by atoms with van der Waals surface area (Å²) in [5.74, 6) is -0.758. The smallest absolute Gasteiger partial charge is 0.307 e. The summed E-state index contributed by atoms with van der Waals surface area (Å²) in [5.41, 5.74) is 6.06. The van der Waals surface area contributed by atoms with E-state index >= 15 is 0 Å². The molecule has 0 amide bonds. The Labute approximate surface area is 93.6 Å². The molecular formula is C11H15FN2O2. The summed E-state index contributed by atoms with van der Waals surface area (Å²) in [7, 11) is 0. The summed E-state index contributed by atoms with van der Waals surface area (Å²) in [4.78, 5) is 11.0. The zero-order chi connectivity index (χ0) is 12.0. The largest absolute Gasteiger partial charge is 0.466 e. The van der Waals surface area contributed by atoms with Gasteiger partial charge in [0.1, 0.15) is 5.82 Å². The van der Waals surface area contributed by atoms with Crippen LogP contribution < -0.4 is 11.1 Å². The topological polar surface area (TPSA) is 64.3 Å². The van der Waals surface area contributed by atoms with E-state index in [2.05, 4.69) is 5.32 Å². The number of rotatable bonds is 5. The number of ether oxygens (including phenoxy) is 1. The molecule has 0 aliphatic rings. The second-order valence-corrected chi connectivity index (χ2v) is 3.18. The lowest BCUT2D eigenvalue weighted by Gasteiger charge is -2.09. The number of nitrogens with two attached hydrogens (primary N) is 1. The van der Waals surface area contributed by atoms with Gasteiger partial charge in [0.05, 0.1) is 24.4 Å². The number of esters is 1. The van der Waals surface area contributed by atoms with Crippen LogP contribution in [-0.2, 0) is 9.53 Å². The summed E-state index contributed by atoms with van der Waals surface area (Å²) in [5, 5.41) is 2.88. The summed E-state index contributed by atoms with van der Waals surface area (Å²) in [6.45, 7) is 2.48. The lowest BCUT2D eigenvalue weighted by molar-refractivity contribution is -0.142. The summed E-state index contributed by atoms with van der Waals surface area (Å²) >= 11 is 0. The van der Waals surface area contributed by atoms with Crippen molar-refractivity contribution in [3.63, 3.8) is 0 Å². The minimum atomic E-state index is -0.471. The fourth-order valence-electron chi connectivity index (χ4n) is 1.22. The number of hydrogen-bond donors (Lipinski definition) is 2. The molecule has 0 saturated heterocycles. The maximum absolute atomic E-state index is 13.0. The molecule has 0 spiro atoms. The Bertz CT molecular complexity index is 369. The third kappa shape index (κ3) is 3.42. The van der Waals surface area contributed by atoms with Gasteiger partial charge in [-0.25, -0.2) is 4.39 Å². The quantitative estimate of drug-likeness (QED) is 0.593. The number of nitrogens with one attached hydrogen (secondary N) is 1. The van der Waals surface area contributed by atoms with E-state index in [4.69, 9.17) is 10.5 Å². The molecule has 0 aliphatic heterocycles. The van der Waals surface area contributed by atoms with E-state index in [1.165, 1.54) is 6.07 Å². The first-order valence-electron chi connectivity index (χ1n) is 5.08. The van der Waals surface area contributed by atoms with Gasteiger partial charge in [0.25, 0.3) is 0 Å². The molecule has 0 radical (unpaired) electrons. The second kappa shape index (κ2) is 5.95. The molecular weight excluding hydrogens is 211 g/mol. The monoisotopic (exact) mass is 226 g/mol. The lowest BCUT2D eigenvalue weighted by atomic mass is 10.2. The highest BCUT2D eigenvalue weighted by Crippen LogP contribution is 2.20. The molecule has 0 atom stereocenters. The van der Waals surface area contributed by atoms with Crippen molar-refractivity contribution in [2.24, 2.45) is 0 Å². The molecule has 0 aliphatic carbocycles. The van der Waals surface area contributed by atoms with Crippen LogP contribution in [-0.4, -0.2) is 19.1 Å². The van der Waals surface area contributed by atoms with Crippen LogP contribution in [0.1, 0.15) is 13.3 Å². The van der Waals surface area contributed by atoms with Crippen molar-refractivity contribution in [3.8, 4) is 0 Å². The Hall–Kier alpha value is -1.78. The van der Waals surface area contributed by atoms with Crippen molar-refractivity contribution in [1.82, 2.24) is 0 Å². The molecule has 1 aromatic carbocycles. The third-order valence-corrected chi connectivity index (χ3v) is 2.00. The minimum absolute atomic E-state index is 0.0614. The highest BCUT2D eigenvalue weighted by Gasteiger charge is 2.05. The molecule has 88 valence electrons. The van der Waals surface area contributed by atoms with Gasteiger partial charge in [-0.3, -0.25) is 4.79 Å². The van der Waals surface area contributed by atoms with Crippen LogP contribution in [0.15, 0.2) is 18.2 Å². The Balaban J connectivity index is 2.43. The number of anilines is 2. The fraction of sp³-hybridized carbons (Fsp3) is 0.364. The minimum Gasteiger partial charge on any atom is -0.466 e. The molecule has 1 aromatic rings. The molecule has 0 fully saturated rings. The third-order valence-electron chi connectivity index (χ3n) is 2.00. The zero-order valence-corrected chi connectivity index (χ0v) is 9.13. The molecule has 0 bridgehead atoms. The van der Waals surface area contributed by atoms with E-state index < -0.39 is 5.82 Å². The van der Waals surface area contributed by atoms with Gasteiger partial charge in [-0.15, -0.1) is 0 Å². The summed E-state index contributed by atoms with van der Waals surface area (Å²) in [6, 6.07) is 4.49. The van der Waals surface area contributed by atoms with Crippen LogP contribution in [0.5, 0.6) is 0 Å². The Morgan fingerprint density at radius 2 is 2.31 bits per heavy atom. The molecule has 0 saturated carbocycles. The standard InChI is InChI=1S/C11H15FN2O2/c1-2-16-10(15)6-7-14-9-5-3-4-8(12)11(9)13/h3-5,14H,2,6-7,13H2,1H3. The van der Waals surface area contributed by atoms with Crippen molar-refractivity contribution in [2.45, 2.75) is 13.3 Å². The van der Waals surface area contributed by atoms with Crippen molar-refractivity contribution in [3.05, 3.63) is 24.0 Å². The summed E-state index contributed by atoms with van der Waals surface area (Å²) < 4.78 is 17.8. The summed E-state index contributed by atoms with van der Waals surface area (Å²) in [6.07, 6.45) is 0.226. The maximum atomic E-state index is 13.0. The van der Waals surface area contributed by atoms with Gasteiger partial charge in [0, 0.05) is 6.54 Å². The number of halogens is 1. The SMILES string of the molecule is CCOC(=O)CCNc1cccc(F)c1N. The highest BCUT2D eigenvalue weighted by atomic mass is 19.1. The normalized spacial score (nSPS) is 9.88. The Morgan fingerprint density at radius 3 is 3.00 bits per heavy atom. The molecule has 0 unspecified atom stereocenters. The van der Waals surface area contributed by atoms with E-state index in [-0.39, 0.29) is 18.1 Å². The number of para-hydroxylation sites is 1. The van der Waals surface area contributed by atoms with Gasteiger partial charge in [-0.2, -0.15) is 0 Å². The van der Waals surface area contributed by atoms with Crippen molar-refractivity contribution < 1.29 is 13.9 Å². The predicted molar refractivity (Wildman–Crippen MR) is 60.6 cm³/mol. The van der Waals surface area contributed by atoms with Crippen LogP contribution in [0, 0.1) is 5.82 Å². The Kier molecular flexibility index (Phi) is 4.57. The molecule has 3 N–H and O–H groups in total. The molecule has 4 nitrogen and oxygen atoms in total. The first-order valence-corrected chi connectivity index (χ1v) is 5.08. The van der Waals surface area contributed by atoms with E-state index in [0.717, 1.165) is 0 Å². The number of nitrogen functional groups attached to an aromatic ring is 1. The molecule has 16 heavy (non-hydrogen) atoms. The zero-order valence-electron chi connectivity index (χ0n) is 9.13. The number of hydrogen-bond acceptors (Lipinski definition) is 4. The van der Waals surface area contributed by atoms with Crippen LogP contribution in [0.4, 0.5) is 15.8 Å². The van der Waals surface area contributed by atoms with Crippen molar-refractivity contribution >= 4 is 17.3 Å². The van der Waals surface area contributed by atoms with E-state index in [1.54, 1.807) is 19.1 Å². The first-order chi connectivity index (χ1) is 7.65. The van der Waals surface area contributed by atoms with Gasteiger partial charge in [-0.1, -0.05) is 6.07 Å². The fourth-order valence-corrected chi connectivity index (χ4v) is 1.22. The number of carbonyl (C=O) groups is 1. The number of carbonyl (C=O) groups excluding carboxylic acids is 1. The predicted octanol–water partition coefficient (Wildman–Crippen LogP) is 1.77. The molecule has 0 heterocycles. The van der Waals surface area contributed by atoms with Gasteiger partial charge in [0.2, 0.25) is 0 Å². The Morgan fingerprint density at radius 1 is 1.56 bits per heavy atom. The first kappa shape index (κ1) is 12.3. The van der Waals surface area contributed by atoms with Crippen LogP contribution in [0.2, 0.25) is 0 Å². The van der Waals surface area contributed by atoms with Crippen LogP contribution in [0.3, 0.4) is 0 Å². The van der Waals surface area contributed by atoms with Gasteiger partial charge in [0.15, 0.2) is 0 Å². The molecule has 0 aromatic heterocycles.